The molecular formula is C10H12N4O. The molecule has 15 heavy (non-hydrogen) atoms. The molecule has 0 saturated carbocycles. The molecule has 78 valence electrons. The zero-order valence-corrected chi connectivity index (χ0v) is 8.17. The van der Waals surface area contributed by atoms with Crippen molar-refractivity contribution >= 4 is 11.8 Å². The van der Waals surface area contributed by atoms with Gasteiger partial charge in [-0.05, 0) is 29.6 Å². The van der Waals surface area contributed by atoms with E-state index in [-0.39, 0.29) is 5.75 Å². The van der Waals surface area contributed by atoms with E-state index in [0.717, 1.165) is 5.56 Å². The molecule has 1 aromatic carbocycles. The summed E-state index contributed by atoms with van der Waals surface area (Å²) < 4.78 is 0. The van der Waals surface area contributed by atoms with Gasteiger partial charge >= 0.3 is 0 Å². The molecule has 5 heteroatoms. The van der Waals surface area contributed by atoms with Crippen molar-refractivity contribution in [2.45, 2.75) is 6.42 Å². The Morgan fingerprint density at radius 1 is 1.53 bits per heavy atom. The van der Waals surface area contributed by atoms with Crippen LogP contribution in [0.2, 0.25) is 0 Å². The number of hydrogen-bond acceptors (Lipinski definition) is 3. The molecule has 0 amide bonds. The van der Waals surface area contributed by atoms with Crippen LogP contribution < -0.4 is 5.73 Å². The van der Waals surface area contributed by atoms with Crippen molar-refractivity contribution < 1.29 is 5.11 Å². The van der Waals surface area contributed by atoms with E-state index in [1.807, 2.05) is 12.2 Å². The number of phenolic OH excluding ortho intramolecular Hbond substituents is 1. The van der Waals surface area contributed by atoms with Gasteiger partial charge in [-0.15, -0.1) is 0 Å². The first-order chi connectivity index (χ1) is 7.24. The molecule has 0 bridgehead atoms. The maximum absolute atomic E-state index is 9.32. The van der Waals surface area contributed by atoms with Crippen LogP contribution in [-0.2, 0) is 0 Å². The van der Waals surface area contributed by atoms with Gasteiger partial charge in [0.1, 0.15) is 5.75 Å². The lowest BCUT2D eigenvalue weighted by molar-refractivity contribution is 0.478. The third-order valence-electron chi connectivity index (χ3n) is 1.82. The number of anilines is 1. The van der Waals surface area contributed by atoms with E-state index in [1.54, 1.807) is 18.2 Å². The minimum absolute atomic E-state index is 0.0761. The largest absolute Gasteiger partial charge is 0.506 e. The van der Waals surface area contributed by atoms with Crippen molar-refractivity contribution in [1.82, 2.24) is 0 Å². The second-order valence-corrected chi connectivity index (χ2v) is 2.96. The molecule has 0 heterocycles. The molecule has 0 aliphatic carbocycles. The highest BCUT2D eigenvalue weighted by atomic mass is 16.3. The minimum Gasteiger partial charge on any atom is -0.506 e. The van der Waals surface area contributed by atoms with Gasteiger partial charge in [-0.3, -0.25) is 0 Å². The van der Waals surface area contributed by atoms with Crippen LogP contribution in [0.25, 0.3) is 16.5 Å². The number of rotatable bonds is 4. The van der Waals surface area contributed by atoms with Crippen LogP contribution >= 0.6 is 0 Å². The number of phenols is 1. The molecular weight excluding hydrogens is 192 g/mol. The predicted molar refractivity (Wildman–Crippen MR) is 60.2 cm³/mol. The third kappa shape index (κ3) is 3.62. The maximum atomic E-state index is 9.32. The molecule has 0 aromatic heterocycles. The fraction of sp³-hybridized carbons (Fsp3) is 0.200. The van der Waals surface area contributed by atoms with Gasteiger partial charge < -0.3 is 10.8 Å². The van der Waals surface area contributed by atoms with Gasteiger partial charge in [0.2, 0.25) is 0 Å². The van der Waals surface area contributed by atoms with Crippen LogP contribution in [0.3, 0.4) is 0 Å². The highest BCUT2D eigenvalue weighted by Crippen LogP contribution is 2.21. The molecule has 1 rings (SSSR count). The molecule has 0 aliphatic heterocycles. The Balaban J connectivity index is 2.56. The van der Waals surface area contributed by atoms with Crippen LogP contribution in [-0.4, -0.2) is 11.7 Å². The zero-order chi connectivity index (χ0) is 11.1. The van der Waals surface area contributed by atoms with E-state index in [4.69, 9.17) is 11.3 Å². The second kappa shape index (κ2) is 5.57. The molecule has 0 atom stereocenters. The summed E-state index contributed by atoms with van der Waals surface area (Å²) in [5, 5.41) is 12.7. The summed E-state index contributed by atoms with van der Waals surface area (Å²) in [5.41, 5.74) is 14.7. The van der Waals surface area contributed by atoms with Gasteiger partial charge in [-0.2, -0.15) is 0 Å². The van der Waals surface area contributed by atoms with Crippen molar-refractivity contribution in [3.63, 3.8) is 0 Å². The van der Waals surface area contributed by atoms with Gasteiger partial charge in [0.25, 0.3) is 0 Å². The van der Waals surface area contributed by atoms with E-state index < -0.39 is 0 Å². The van der Waals surface area contributed by atoms with Crippen molar-refractivity contribution in [3.8, 4) is 5.75 Å². The number of aromatic hydroxyl groups is 1. The van der Waals surface area contributed by atoms with Crippen LogP contribution in [0.15, 0.2) is 29.4 Å². The monoisotopic (exact) mass is 204 g/mol. The minimum atomic E-state index is 0.0761. The highest BCUT2D eigenvalue weighted by Gasteiger charge is 1.95. The quantitative estimate of drug-likeness (QED) is 0.197. The van der Waals surface area contributed by atoms with Crippen LogP contribution in [0.4, 0.5) is 5.69 Å². The molecule has 0 aliphatic rings. The molecule has 3 N–H and O–H groups in total. The normalized spacial score (nSPS) is 10.1. The molecule has 0 unspecified atom stereocenters. The molecule has 0 fully saturated rings. The summed E-state index contributed by atoms with van der Waals surface area (Å²) in [6, 6.07) is 5.03. The SMILES string of the molecule is [N-]=[N+]=NCCC=Cc1ccc(N)c(O)c1. The van der Waals surface area contributed by atoms with Gasteiger partial charge in [-0.1, -0.05) is 23.3 Å². The second-order valence-electron chi connectivity index (χ2n) is 2.96. The first kappa shape index (κ1) is 10.9. The number of azide groups is 1. The van der Waals surface area contributed by atoms with E-state index in [9.17, 15) is 5.11 Å². The standard InChI is InChI=1S/C10H12N4O/c11-9-5-4-8(7-10(9)15)3-1-2-6-13-14-12/h1,3-5,7,15H,2,6,11H2. The summed E-state index contributed by atoms with van der Waals surface area (Å²) in [5.74, 6) is 0.0761. The first-order valence-corrected chi connectivity index (χ1v) is 4.50. The number of hydrogen-bond donors (Lipinski definition) is 2. The fourth-order valence-corrected chi connectivity index (χ4v) is 1.06. The Hall–Kier alpha value is -2.13. The number of benzene rings is 1. The lowest BCUT2D eigenvalue weighted by Gasteiger charge is -1.99. The van der Waals surface area contributed by atoms with E-state index >= 15 is 0 Å². The smallest absolute Gasteiger partial charge is 0.139 e. The maximum Gasteiger partial charge on any atom is 0.139 e. The Morgan fingerprint density at radius 2 is 2.33 bits per heavy atom. The van der Waals surface area contributed by atoms with E-state index in [0.29, 0.717) is 18.7 Å². The van der Waals surface area contributed by atoms with Gasteiger partial charge in [0.05, 0.1) is 5.69 Å². The summed E-state index contributed by atoms with van der Waals surface area (Å²) >= 11 is 0. The summed E-state index contributed by atoms with van der Waals surface area (Å²) in [6.45, 7) is 0.438. The number of nitrogens with zero attached hydrogens (tertiary/aromatic N) is 3. The molecule has 0 radical (unpaired) electrons. The van der Waals surface area contributed by atoms with Crippen LogP contribution in [0, 0.1) is 0 Å². The molecule has 5 nitrogen and oxygen atoms in total. The van der Waals surface area contributed by atoms with Gasteiger partial charge in [-0.25, -0.2) is 0 Å². The summed E-state index contributed by atoms with van der Waals surface area (Å²) in [7, 11) is 0. The Bertz CT molecular complexity index is 408. The van der Waals surface area contributed by atoms with Crippen molar-refractivity contribution in [1.29, 1.82) is 0 Å². The highest BCUT2D eigenvalue weighted by molar-refractivity contribution is 5.60. The first-order valence-electron chi connectivity index (χ1n) is 4.50. The third-order valence-corrected chi connectivity index (χ3v) is 1.82. The van der Waals surface area contributed by atoms with Crippen molar-refractivity contribution in [3.05, 3.63) is 40.3 Å². The van der Waals surface area contributed by atoms with Crippen LogP contribution in [0.5, 0.6) is 5.75 Å². The number of nitrogens with two attached hydrogens (primary N) is 1. The molecule has 0 saturated heterocycles. The fourth-order valence-electron chi connectivity index (χ4n) is 1.06. The lowest BCUT2D eigenvalue weighted by Crippen LogP contribution is -1.85. The number of nitrogen functional groups attached to an aromatic ring is 1. The average Bonchev–Trinajstić information content (AvgIpc) is 2.23. The van der Waals surface area contributed by atoms with Crippen molar-refractivity contribution in [2.24, 2.45) is 5.11 Å². The Kier molecular flexibility index (Phi) is 4.06. The van der Waals surface area contributed by atoms with Gasteiger partial charge in [0.15, 0.2) is 0 Å². The summed E-state index contributed by atoms with van der Waals surface area (Å²) in [4.78, 5) is 2.64. The lowest BCUT2D eigenvalue weighted by atomic mass is 10.1. The van der Waals surface area contributed by atoms with Crippen LogP contribution in [0.1, 0.15) is 12.0 Å². The zero-order valence-electron chi connectivity index (χ0n) is 8.17. The predicted octanol–water partition coefficient (Wildman–Crippen LogP) is 2.69. The average molecular weight is 204 g/mol. The molecule has 0 spiro atoms. The summed E-state index contributed by atoms with van der Waals surface area (Å²) in [6.07, 6.45) is 4.39. The molecule has 1 aromatic rings. The topological polar surface area (TPSA) is 95.0 Å². The Labute approximate surface area is 87.5 Å². The Morgan fingerprint density at radius 3 is 3.00 bits per heavy atom. The van der Waals surface area contributed by atoms with Crippen molar-refractivity contribution in [2.75, 3.05) is 12.3 Å². The van der Waals surface area contributed by atoms with E-state index in [1.165, 1.54) is 0 Å². The van der Waals surface area contributed by atoms with E-state index in [2.05, 4.69) is 10.0 Å². The van der Waals surface area contributed by atoms with Gasteiger partial charge in [0, 0.05) is 11.5 Å².